The Hall–Kier alpha value is -1.02. The summed E-state index contributed by atoms with van der Waals surface area (Å²) in [5.41, 5.74) is 0.652. The van der Waals surface area contributed by atoms with Crippen LogP contribution in [0.3, 0.4) is 0 Å². The van der Waals surface area contributed by atoms with E-state index in [-0.39, 0.29) is 6.61 Å². The minimum Gasteiger partial charge on any atom is -0.485 e. The second-order valence-corrected chi connectivity index (χ2v) is 3.84. The molecule has 15 heavy (non-hydrogen) atoms. The molecular weight excluding hydrogens is 188 g/mol. The van der Waals surface area contributed by atoms with E-state index in [1.54, 1.807) is 0 Å². The summed E-state index contributed by atoms with van der Waals surface area (Å²) < 4.78 is 5.58. The Morgan fingerprint density at radius 3 is 2.33 bits per heavy atom. The molecular formula is C13H22O2. The van der Waals surface area contributed by atoms with Crippen LogP contribution in [0, 0.1) is 6.92 Å². The number of benzene rings is 1. The highest BCUT2D eigenvalue weighted by Gasteiger charge is 2.17. The quantitative estimate of drug-likeness (QED) is 0.830. The molecule has 0 heterocycles. The fourth-order valence-corrected chi connectivity index (χ4v) is 1.03. The zero-order chi connectivity index (χ0) is 11.9. The molecule has 2 heteroatoms. The number of aliphatic hydroxyl groups excluding tert-OH is 1. The first-order chi connectivity index (χ1) is 7.03. The summed E-state index contributed by atoms with van der Waals surface area (Å²) in [6.45, 7) is 9.74. The molecule has 1 aromatic carbocycles. The standard InChI is InChI=1S/C11H16O2.C2H6/c1-9-5-4-6-10(7-9)13-11(2,3)8-12;1-2/h4-7,12H,8H2,1-3H3;1-2H3. The zero-order valence-corrected chi connectivity index (χ0v) is 10.4. The largest absolute Gasteiger partial charge is 0.485 e. The molecule has 0 fully saturated rings. The van der Waals surface area contributed by atoms with Gasteiger partial charge in [0.25, 0.3) is 0 Å². The van der Waals surface area contributed by atoms with Gasteiger partial charge in [0, 0.05) is 0 Å². The van der Waals surface area contributed by atoms with Crippen LogP contribution in [0.2, 0.25) is 0 Å². The Labute approximate surface area is 92.9 Å². The van der Waals surface area contributed by atoms with Crippen LogP contribution >= 0.6 is 0 Å². The maximum absolute atomic E-state index is 9.00. The molecule has 2 nitrogen and oxygen atoms in total. The van der Waals surface area contributed by atoms with E-state index >= 15 is 0 Å². The second-order valence-electron chi connectivity index (χ2n) is 3.84. The summed E-state index contributed by atoms with van der Waals surface area (Å²) in [5, 5.41) is 9.00. The van der Waals surface area contributed by atoms with Crippen molar-refractivity contribution in [2.24, 2.45) is 0 Å². The van der Waals surface area contributed by atoms with Crippen molar-refractivity contribution in [3.8, 4) is 5.75 Å². The van der Waals surface area contributed by atoms with Crippen LogP contribution in [0.25, 0.3) is 0 Å². The van der Waals surface area contributed by atoms with E-state index in [0.717, 1.165) is 11.3 Å². The third-order valence-corrected chi connectivity index (χ3v) is 1.76. The van der Waals surface area contributed by atoms with Gasteiger partial charge in [-0.2, -0.15) is 0 Å². The van der Waals surface area contributed by atoms with E-state index in [1.165, 1.54) is 0 Å². The minimum atomic E-state index is -0.506. The molecule has 86 valence electrons. The highest BCUT2D eigenvalue weighted by atomic mass is 16.5. The van der Waals surface area contributed by atoms with Crippen molar-refractivity contribution in [2.45, 2.75) is 40.2 Å². The molecule has 0 aliphatic rings. The minimum absolute atomic E-state index is 0.0148. The maximum atomic E-state index is 9.00. The number of hydrogen-bond donors (Lipinski definition) is 1. The summed E-state index contributed by atoms with van der Waals surface area (Å²) in [7, 11) is 0. The second kappa shape index (κ2) is 6.46. The van der Waals surface area contributed by atoms with Gasteiger partial charge in [0.1, 0.15) is 11.4 Å². The molecule has 0 atom stereocenters. The molecule has 1 N–H and O–H groups in total. The molecule has 0 spiro atoms. The third-order valence-electron chi connectivity index (χ3n) is 1.76. The third kappa shape index (κ3) is 5.43. The zero-order valence-electron chi connectivity index (χ0n) is 10.4. The maximum Gasteiger partial charge on any atom is 0.126 e. The predicted molar refractivity (Wildman–Crippen MR) is 64.3 cm³/mol. The number of rotatable bonds is 3. The molecule has 0 bridgehead atoms. The van der Waals surface area contributed by atoms with Crippen molar-refractivity contribution in [3.63, 3.8) is 0 Å². The lowest BCUT2D eigenvalue weighted by Gasteiger charge is -2.23. The summed E-state index contributed by atoms with van der Waals surface area (Å²) in [5.74, 6) is 0.805. The Kier molecular flexibility index (Phi) is 6.02. The van der Waals surface area contributed by atoms with Gasteiger partial charge in [0.2, 0.25) is 0 Å². The van der Waals surface area contributed by atoms with E-state index in [4.69, 9.17) is 9.84 Å². The lowest BCUT2D eigenvalue weighted by molar-refractivity contribution is 0.0412. The van der Waals surface area contributed by atoms with Gasteiger partial charge in [-0.05, 0) is 38.5 Å². The molecule has 0 aliphatic carbocycles. The summed E-state index contributed by atoms with van der Waals surface area (Å²) >= 11 is 0. The number of aryl methyl sites for hydroxylation is 1. The van der Waals surface area contributed by atoms with Crippen LogP contribution in [-0.4, -0.2) is 17.3 Å². The fourth-order valence-electron chi connectivity index (χ4n) is 1.03. The highest BCUT2D eigenvalue weighted by molar-refractivity contribution is 5.27. The van der Waals surface area contributed by atoms with Crippen molar-refractivity contribution < 1.29 is 9.84 Å². The average Bonchev–Trinajstić information content (AvgIpc) is 2.20. The van der Waals surface area contributed by atoms with Crippen molar-refractivity contribution in [3.05, 3.63) is 29.8 Å². The van der Waals surface area contributed by atoms with E-state index in [1.807, 2.05) is 58.9 Å². The van der Waals surface area contributed by atoms with E-state index in [2.05, 4.69) is 0 Å². The first-order valence-electron chi connectivity index (χ1n) is 5.40. The van der Waals surface area contributed by atoms with E-state index in [0.29, 0.717) is 0 Å². The van der Waals surface area contributed by atoms with Gasteiger partial charge in [-0.3, -0.25) is 0 Å². The van der Waals surface area contributed by atoms with Gasteiger partial charge >= 0.3 is 0 Å². The Bertz CT molecular complexity index is 280. The first kappa shape index (κ1) is 14.0. The average molecular weight is 210 g/mol. The van der Waals surface area contributed by atoms with Gasteiger partial charge < -0.3 is 9.84 Å². The highest BCUT2D eigenvalue weighted by Crippen LogP contribution is 2.18. The van der Waals surface area contributed by atoms with E-state index < -0.39 is 5.60 Å². The smallest absolute Gasteiger partial charge is 0.126 e. The van der Waals surface area contributed by atoms with Gasteiger partial charge in [-0.15, -0.1) is 0 Å². The summed E-state index contributed by atoms with van der Waals surface area (Å²) in [6, 6.07) is 7.80. The van der Waals surface area contributed by atoms with Crippen molar-refractivity contribution in [1.29, 1.82) is 0 Å². The number of aliphatic hydroxyl groups is 1. The SMILES string of the molecule is CC.Cc1cccc(OC(C)(C)CO)c1. The van der Waals surface area contributed by atoms with Crippen LogP contribution in [0.5, 0.6) is 5.75 Å². The molecule has 1 rings (SSSR count). The molecule has 0 unspecified atom stereocenters. The molecule has 0 saturated carbocycles. The van der Waals surface area contributed by atoms with Crippen molar-refractivity contribution in [1.82, 2.24) is 0 Å². The van der Waals surface area contributed by atoms with E-state index in [9.17, 15) is 0 Å². The van der Waals surface area contributed by atoms with Crippen LogP contribution in [-0.2, 0) is 0 Å². The molecule has 0 aliphatic heterocycles. The van der Waals surface area contributed by atoms with Gasteiger partial charge in [0.15, 0.2) is 0 Å². The van der Waals surface area contributed by atoms with Crippen LogP contribution in [0.1, 0.15) is 33.3 Å². The summed E-state index contributed by atoms with van der Waals surface area (Å²) in [4.78, 5) is 0. The molecule has 1 aromatic rings. The van der Waals surface area contributed by atoms with Gasteiger partial charge in [-0.25, -0.2) is 0 Å². The number of ether oxygens (including phenoxy) is 1. The van der Waals surface area contributed by atoms with Crippen LogP contribution in [0.15, 0.2) is 24.3 Å². The normalized spacial score (nSPS) is 10.3. The Morgan fingerprint density at radius 2 is 1.87 bits per heavy atom. The molecule has 0 radical (unpaired) electrons. The predicted octanol–water partition coefficient (Wildman–Crippen LogP) is 3.17. The lowest BCUT2D eigenvalue weighted by Crippen LogP contribution is -2.32. The van der Waals surface area contributed by atoms with Crippen molar-refractivity contribution >= 4 is 0 Å². The Morgan fingerprint density at radius 1 is 1.27 bits per heavy atom. The number of hydrogen-bond acceptors (Lipinski definition) is 2. The van der Waals surface area contributed by atoms with Crippen molar-refractivity contribution in [2.75, 3.05) is 6.61 Å². The Balaban J connectivity index is 0.000000921. The first-order valence-corrected chi connectivity index (χ1v) is 5.40. The van der Waals surface area contributed by atoms with Crippen LogP contribution in [0.4, 0.5) is 0 Å². The van der Waals surface area contributed by atoms with Gasteiger partial charge in [0.05, 0.1) is 6.61 Å². The molecule has 0 aromatic heterocycles. The fraction of sp³-hybridized carbons (Fsp3) is 0.538. The topological polar surface area (TPSA) is 29.5 Å². The molecule has 0 amide bonds. The summed E-state index contributed by atoms with van der Waals surface area (Å²) in [6.07, 6.45) is 0. The lowest BCUT2D eigenvalue weighted by atomic mass is 10.1. The van der Waals surface area contributed by atoms with Gasteiger partial charge in [-0.1, -0.05) is 26.0 Å². The van der Waals surface area contributed by atoms with Crippen LogP contribution < -0.4 is 4.74 Å². The monoisotopic (exact) mass is 210 g/mol. The molecule has 0 saturated heterocycles.